The molecule has 9 heteroatoms. The second-order valence-corrected chi connectivity index (χ2v) is 9.54. The highest BCUT2D eigenvalue weighted by Crippen LogP contribution is 2.35. The van der Waals surface area contributed by atoms with Gasteiger partial charge in [-0.3, -0.25) is 15.0 Å². The number of Topliss-reactive ketones (excluding diaryl/α,β-unsaturated/α-hetero) is 1. The quantitative estimate of drug-likeness (QED) is 0.247. The Morgan fingerprint density at radius 1 is 0.973 bits per heavy atom. The molecule has 0 radical (unpaired) electrons. The number of fused-ring (bicyclic) bond motifs is 2. The van der Waals surface area contributed by atoms with E-state index in [1.165, 1.54) is 18.5 Å². The van der Waals surface area contributed by atoms with Crippen LogP contribution in [0.2, 0.25) is 5.02 Å². The summed E-state index contributed by atoms with van der Waals surface area (Å²) in [6.45, 7) is -0.261. The summed E-state index contributed by atoms with van der Waals surface area (Å²) in [5.74, 6) is 1.17. The molecule has 5 N–H and O–H groups in total. The molecule has 186 valence electrons. The fourth-order valence-electron chi connectivity index (χ4n) is 4.38. The molecule has 0 saturated heterocycles. The summed E-state index contributed by atoms with van der Waals surface area (Å²) < 4.78 is 11.7. The highest BCUT2D eigenvalue weighted by atomic mass is 35.5. The first-order valence-corrected chi connectivity index (χ1v) is 12.2. The SMILES string of the molecule is NC(=O)c1cc2cc(Cl)ccc2cc1OCC(=O)c1c[nH]c2cc(OC3=CC=C(C4CC4)NN3)ccc12. The summed E-state index contributed by atoms with van der Waals surface area (Å²) in [6.07, 6.45) is 7.99. The minimum atomic E-state index is -0.652. The number of hydrogen-bond donors (Lipinski definition) is 4. The number of nitrogens with one attached hydrogen (secondary N) is 3. The molecule has 0 unspecified atom stereocenters. The van der Waals surface area contributed by atoms with E-state index < -0.39 is 5.91 Å². The number of carbonyl (C=O) groups excluding carboxylic acids is 2. The molecule has 1 aliphatic carbocycles. The fourth-order valence-corrected chi connectivity index (χ4v) is 4.56. The van der Waals surface area contributed by atoms with Crippen LogP contribution in [-0.2, 0) is 0 Å². The van der Waals surface area contributed by atoms with Crippen molar-refractivity contribution in [3.05, 3.63) is 94.6 Å². The van der Waals surface area contributed by atoms with Crippen molar-refractivity contribution in [2.75, 3.05) is 6.61 Å². The molecule has 37 heavy (non-hydrogen) atoms. The van der Waals surface area contributed by atoms with Gasteiger partial charge < -0.3 is 25.6 Å². The molecule has 2 aliphatic rings. The monoisotopic (exact) mass is 514 g/mol. The van der Waals surface area contributed by atoms with Gasteiger partial charge in [0.2, 0.25) is 11.7 Å². The number of benzene rings is 3. The minimum Gasteiger partial charge on any atom is -0.485 e. The van der Waals surface area contributed by atoms with Crippen LogP contribution in [0.5, 0.6) is 11.5 Å². The number of hydrogen-bond acceptors (Lipinski definition) is 6. The predicted molar refractivity (Wildman–Crippen MR) is 141 cm³/mol. The van der Waals surface area contributed by atoms with E-state index in [0.29, 0.717) is 28.1 Å². The van der Waals surface area contributed by atoms with E-state index in [1.54, 1.807) is 36.5 Å². The molecule has 2 heterocycles. The zero-order chi connectivity index (χ0) is 25.5. The minimum absolute atomic E-state index is 0.183. The number of primary amides is 1. The maximum Gasteiger partial charge on any atom is 0.252 e. The van der Waals surface area contributed by atoms with Crippen LogP contribution in [-0.4, -0.2) is 23.3 Å². The van der Waals surface area contributed by atoms with E-state index >= 15 is 0 Å². The van der Waals surface area contributed by atoms with Gasteiger partial charge in [-0.1, -0.05) is 17.7 Å². The van der Waals surface area contributed by atoms with Crippen molar-refractivity contribution in [2.45, 2.75) is 12.8 Å². The van der Waals surface area contributed by atoms with Gasteiger partial charge in [0.15, 0.2) is 6.61 Å². The lowest BCUT2D eigenvalue weighted by molar-refractivity contribution is 0.0914. The topological polar surface area (TPSA) is 118 Å². The number of amides is 1. The van der Waals surface area contributed by atoms with Crippen LogP contribution in [0.1, 0.15) is 33.6 Å². The van der Waals surface area contributed by atoms with Crippen LogP contribution in [0.3, 0.4) is 0 Å². The molecule has 4 aromatic rings. The molecule has 1 amide bonds. The maximum absolute atomic E-state index is 13.0. The summed E-state index contributed by atoms with van der Waals surface area (Å²) in [7, 11) is 0. The lowest BCUT2D eigenvalue weighted by Crippen LogP contribution is -2.35. The number of aromatic nitrogens is 1. The fraction of sp³-hybridized carbons (Fsp3) is 0.143. The molecule has 1 saturated carbocycles. The Kier molecular flexibility index (Phi) is 5.73. The Balaban J connectivity index is 1.18. The smallest absolute Gasteiger partial charge is 0.252 e. The number of rotatable bonds is 8. The standard InChI is InChI=1S/C28H23ClN4O4/c29-18-4-3-16-11-26(21(28(30)35)10-17(16)9-18)36-14-25(34)22-13-31-24-12-19(5-6-20(22)24)37-27-8-7-23(32-33-27)15-1-2-15/h3-13,15,31-33H,1-2,14H2,(H2,30,35). The van der Waals surface area contributed by atoms with E-state index in [9.17, 15) is 9.59 Å². The Morgan fingerprint density at radius 2 is 1.84 bits per heavy atom. The van der Waals surface area contributed by atoms with Gasteiger partial charge in [0, 0.05) is 51.4 Å². The van der Waals surface area contributed by atoms with Gasteiger partial charge in [0.1, 0.15) is 11.5 Å². The molecular weight excluding hydrogens is 492 g/mol. The summed E-state index contributed by atoms with van der Waals surface area (Å²) >= 11 is 6.06. The summed E-state index contributed by atoms with van der Waals surface area (Å²) in [5.41, 5.74) is 14.4. The zero-order valence-corrected chi connectivity index (χ0v) is 20.4. The predicted octanol–water partition coefficient (Wildman–Crippen LogP) is 4.96. The molecule has 1 aromatic heterocycles. The van der Waals surface area contributed by atoms with Crippen molar-refractivity contribution in [2.24, 2.45) is 11.7 Å². The Labute approximate surface area is 217 Å². The average Bonchev–Trinajstić information content (AvgIpc) is 3.66. The molecule has 8 nitrogen and oxygen atoms in total. The van der Waals surface area contributed by atoms with Crippen molar-refractivity contribution in [3.8, 4) is 11.5 Å². The molecule has 0 bridgehead atoms. The number of ether oxygens (including phenoxy) is 2. The number of allylic oxidation sites excluding steroid dienone is 3. The van der Waals surface area contributed by atoms with Crippen molar-refractivity contribution in [1.82, 2.24) is 15.8 Å². The van der Waals surface area contributed by atoms with Crippen LogP contribution in [0.25, 0.3) is 21.7 Å². The van der Waals surface area contributed by atoms with E-state index in [2.05, 4.69) is 15.8 Å². The number of nitrogens with two attached hydrogens (primary N) is 1. The number of H-pyrrole nitrogens is 1. The largest absolute Gasteiger partial charge is 0.485 e. The highest BCUT2D eigenvalue weighted by Gasteiger charge is 2.27. The molecular formula is C28H23ClN4O4. The van der Waals surface area contributed by atoms with E-state index in [0.717, 1.165) is 21.7 Å². The second-order valence-electron chi connectivity index (χ2n) is 9.10. The molecule has 0 spiro atoms. The normalized spacial score (nSPS) is 14.9. The first kappa shape index (κ1) is 23.0. The van der Waals surface area contributed by atoms with Gasteiger partial charge in [-0.15, -0.1) is 0 Å². The van der Waals surface area contributed by atoms with Gasteiger partial charge >= 0.3 is 0 Å². The third-order valence-electron chi connectivity index (χ3n) is 6.47. The maximum atomic E-state index is 13.0. The van der Waals surface area contributed by atoms with Crippen molar-refractivity contribution < 1.29 is 19.1 Å². The van der Waals surface area contributed by atoms with Crippen LogP contribution in [0, 0.1) is 5.92 Å². The molecule has 1 fully saturated rings. The lowest BCUT2D eigenvalue weighted by atomic mass is 10.1. The molecule has 6 rings (SSSR count). The number of ketones is 1. The van der Waals surface area contributed by atoms with Crippen molar-refractivity contribution in [3.63, 3.8) is 0 Å². The Hall–Kier alpha value is -4.43. The highest BCUT2D eigenvalue weighted by molar-refractivity contribution is 6.31. The number of hydrazine groups is 1. The summed E-state index contributed by atoms with van der Waals surface area (Å²) in [4.78, 5) is 28.2. The molecule has 1 aliphatic heterocycles. The van der Waals surface area contributed by atoms with E-state index in [-0.39, 0.29) is 23.7 Å². The van der Waals surface area contributed by atoms with Gasteiger partial charge in [0.25, 0.3) is 5.91 Å². The third-order valence-corrected chi connectivity index (χ3v) is 6.70. The first-order valence-electron chi connectivity index (χ1n) is 11.9. The summed E-state index contributed by atoms with van der Waals surface area (Å²) in [6, 6.07) is 14.0. The Bertz CT molecular complexity index is 1630. The van der Waals surface area contributed by atoms with Gasteiger partial charge in [-0.2, -0.15) is 0 Å². The zero-order valence-electron chi connectivity index (χ0n) is 19.6. The lowest BCUT2D eigenvalue weighted by Gasteiger charge is -2.19. The van der Waals surface area contributed by atoms with Crippen LogP contribution in [0.4, 0.5) is 0 Å². The van der Waals surface area contributed by atoms with Crippen molar-refractivity contribution in [1.29, 1.82) is 0 Å². The molecule has 0 atom stereocenters. The van der Waals surface area contributed by atoms with Crippen LogP contribution >= 0.6 is 11.6 Å². The average molecular weight is 515 g/mol. The van der Waals surface area contributed by atoms with Gasteiger partial charge in [0.05, 0.1) is 5.56 Å². The number of aromatic amines is 1. The number of halogens is 1. The number of carbonyl (C=O) groups is 2. The van der Waals surface area contributed by atoms with Crippen molar-refractivity contribution >= 4 is 45.0 Å². The third kappa shape index (κ3) is 4.71. The summed E-state index contributed by atoms with van der Waals surface area (Å²) in [5, 5.41) is 2.85. The van der Waals surface area contributed by atoms with Gasteiger partial charge in [-0.05, 0) is 66.1 Å². The molecule has 3 aromatic carbocycles. The van der Waals surface area contributed by atoms with Crippen LogP contribution in [0.15, 0.2) is 78.5 Å². The Morgan fingerprint density at radius 3 is 2.59 bits per heavy atom. The van der Waals surface area contributed by atoms with Crippen LogP contribution < -0.4 is 26.1 Å². The van der Waals surface area contributed by atoms with Gasteiger partial charge in [-0.25, -0.2) is 0 Å². The van der Waals surface area contributed by atoms with E-state index in [1.807, 2.05) is 30.4 Å². The first-order chi connectivity index (χ1) is 17.9. The second kappa shape index (κ2) is 9.22. The van der Waals surface area contributed by atoms with E-state index in [4.69, 9.17) is 26.8 Å².